The lowest BCUT2D eigenvalue weighted by atomic mass is 10.1. The summed E-state index contributed by atoms with van der Waals surface area (Å²) in [6, 6.07) is 10.4. The minimum Gasteiger partial charge on any atom is -0.376 e. The molecule has 0 aromatic heterocycles. The molecule has 0 radical (unpaired) electrons. The van der Waals surface area contributed by atoms with Crippen molar-refractivity contribution in [2.75, 3.05) is 52.4 Å². The Balaban J connectivity index is 0.00000341. The predicted octanol–water partition coefficient (Wildman–Crippen LogP) is 3.61. The zero-order valence-electron chi connectivity index (χ0n) is 19.5. The van der Waals surface area contributed by atoms with Crippen LogP contribution in [0.1, 0.15) is 39.2 Å². The molecule has 31 heavy (non-hydrogen) atoms. The summed E-state index contributed by atoms with van der Waals surface area (Å²) in [4.78, 5) is 9.83. The van der Waals surface area contributed by atoms with Crippen molar-refractivity contribution >= 4 is 29.9 Å². The topological polar surface area (TPSA) is 49.3 Å². The highest BCUT2D eigenvalue weighted by Crippen LogP contribution is 2.17. The van der Waals surface area contributed by atoms with Crippen molar-refractivity contribution in [1.29, 1.82) is 0 Å². The van der Waals surface area contributed by atoms with Crippen molar-refractivity contribution in [3.05, 3.63) is 35.9 Å². The summed E-state index contributed by atoms with van der Waals surface area (Å²) in [6.45, 7) is 15.0. The van der Waals surface area contributed by atoms with Gasteiger partial charge in [0.15, 0.2) is 5.96 Å². The number of morpholine rings is 1. The van der Waals surface area contributed by atoms with Crippen molar-refractivity contribution in [3.8, 4) is 0 Å². The van der Waals surface area contributed by atoms with Crippen molar-refractivity contribution in [3.63, 3.8) is 0 Å². The molecular weight excluding hydrogens is 503 g/mol. The number of nitrogens with one attached hydrogen (secondary N) is 1. The zero-order chi connectivity index (χ0) is 21.2. The van der Waals surface area contributed by atoms with Crippen molar-refractivity contribution in [1.82, 2.24) is 15.1 Å². The number of rotatable bonds is 9. The van der Waals surface area contributed by atoms with Crippen LogP contribution in [0.3, 0.4) is 0 Å². The summed E-state index contributed by atoms with van der Waals surface area (Å²) >= 11 is 0. The molecule has 1 N–H and O–H groups in total. The van der Waals surface area contributed by atoms with Crippen LogP contribution in [0.4, 0.5) is 0 Å². The quantitative estimate of drug-likeness (QED) is 0.223. The summed E-state index contributed by atoms with van der Waals surface area (Å²) in [5.41, 5.74) is 1.24. The maximum Gasteiger partial charge on any atom is 0.193 e. The van der Waals surface area contributed by atoms with E-state index < -0.39 is 0 Å². The Labute approximate surface area is 205 Å². The lowest BCUT2D eigenvalue weighted by Crippen LogP contribution is -2.45. The smallest absolute Gasteiger partial charge is 0.193 e. The Kier molecular flexibility index (Phi) is 12.1. The van der Waals surface area contributed by atoms with Crippen LogP contribution in [0.25, 0.3) is 0 Å². The highest BCUT2D eigenvalue weighted by atomic mass is 127. The van der Waals surface area contributed by atoms with Gasteiger partial charge in [0, 0.05) is 51.7 Å². The van der Waals surface area contributed by atoms with Crippen LogP contribution < -0.4 is 5.32 Å². The van der Waals surface area contributed by atoms with Gasteiger partial charge in [-0.15, -0.1) is 24.0 Å². The van der Waals surface area contributed by atoms with E-state index in [-0.39, 0.29) is 24.0 Å². The van der Waals surface area contributed by atoms with Gasteiger partial charge >= 0.3 is 0 Å². The number of halogens is 1. The fourth-order valence-electron chi connectivity index (χ4n) is 4.45. The van der Waals surface area contributed by atoms with E-state index in [0.29, 0.717) is 24.7 Å². The largest absolute Gasteiger partial charge is 0.376 e. The van der Waals surface area contributed by atoms with Gasteiger partial charge in [-0.1, -0.05) is 30.3 Å². The maximum absolute atomic E-state index is 5.97. The minimum atomic E-state index is 0. The lowest BCUT2D eigenvalue weighted by Gasteiger charge is -2.35. The number of benzene rings is 1. The van der Waals surface area contributed by atoms with Crippen LogP contribution in [-0.4, -0.2) is 80.4 Å². The molecule has 1 aromatic rings. The first-order chi connectivity index (χ1) is 14.6. The lowest BCUT2D eigenvalue weighted by molar-refractivity contribution is -0.0679. The summed E-state index contributed by atoms with van der Waals surface area (Å²) in [5.74, 6) is 1.64. The van der Waals surface area contributed by atoms with Gasteiger partial charge in [-0.05, 0) is 39.2 Å². The van der Waals surface area contributed by atoms with E-state index in [9.17, 15) is 0 Å². The number of nitrogens with zero attached hydrogens (tertiary/aromatic N) is 3. The molecular formula is C24H41IN4O2. The van der Waals surface area contributed by atoms with Gasteiger partial charge in [0.2, 0.25) is 0 Å². The SMILES string of the molecule is CCNC(=NCCCN1CC(C)OC(C)C1)N1CCC(COCc2ccccc2)C1.I. The Morgan fingerprint density at radius 2 is 1.90 bits per heavy atom. The second kappa shape index (κ2) is 14.3. The number of ether oxygens (including phenoxy) is 2. The van der Waals surface area contributed by atoms with Gasteiger partial charge in [-0.25, -0.2) is 0 Å². The average molecular weight is 545 g/mol. The molecule has 7 heteroatoms. The fourth-order valence-corrected chi connectivity index (χ4v) is 4.45. The van der Waals surface area contributed by atoms with E-state index in [0.717, 1.165) is 64.8 Å². The maximum atomic E-state index is 5.97. The molecule has 2 fully saturated rings. The third-order valence-electron chi connectivity index (χ3n) is 5.77. The number of aliphatic imine (C=N–C) groups is 1. The summed E-state index contributed by atoms with van der Waals surface area (Å²) in [5, 5.41) is 3.48. The van der Waals surface area contributed by atoms with Gasteiger partial charge in [-0.3, -0.25) is 9.89 Å². The summed E-state index contributed by atoms with van der Waals surface area (Å²) in [7, 11) is 0. The fraction of sp³-hybridized carbons (Fsp3) is 0.708. The zero-order valence-corrected chi connectivity index (χ0v) is 21.8. The van der Waals surface area contributed by atoms with Crippen LogP contribution in [0.15, 0.2) is 35.3 Å². The van der Waals surface area contributed by atoms with E-state index in [1.54, 1.807) is 0 Å². The normalized spacial score (nSPS) is 24.8. The molecule has 3 atom stereocenters. The molecule has 3 rings (SSSR count). The molecule has 0 aliphatic carbocycles. The number of likely N-dealkylation sites (tertiary alicyclic amines) is 1. The van der Waals surface area contributed by atoms with E-state index in [1.165, 1.54) is 12.0 Å². The Bertz CT molecular complexity index is 636. The molecule has 0 spiro atoms. The highest BCUT2D eigenvalue weighted by Gasteiger charge is 2.25. The van der Waals surface area contributed by atoms with Crippen molar-refractivity contribution in [2.24, 2.45) is 10.9 Å². The first kappa shape index (κ1) is 26.4. The third kappa shape index (κ3) is 9.24. The highest BCUT2D eigenvalue weighted by molar-refractivity contribution is 14.0. The Morgan fingerprint density at radius 1 is 1.16 bits per heavy atom. The molecule has 2 saturated heterocycles. The number of hydrogen-bond acceptors (Lipinski definition) is 4. The Morgan fingerprint density at radius 3 is 2.61 bits per heavy atom. The number of guanidine groups is 1. The average Bonchev–Trinajstić information content (AvgIpc) is 3.19. The van der Waals surface area contributed by atoms with Gasteiger partial charge in [-0.2, -0.15) is 0 Å². The first-order valence-corrected chi connectivity index (χ1v) is 11.7. The van der Waals surface area contributed by atoms with Gasteiger partial charge in [0.25, 0.3) is 0 Å². The van der Waals surface area contributed by atoms with E-state index in [1.807, 2.05) is 6.07 Å². The van der Waals surface area contributed by atoms with Crippen molar-refractivity contribution < 1.29 is 9.47 Å². The van der Waals surface area contributed by atoms with Gasteiger partial charge < -0.3 is 19.7 Å². The molecule has 1 aromatic carbocycles. The van der Waals surface area contributed by atoms with Gasteiger partial charge in [0.1, 0.15) is 0 Å². The van der Waals surface area contributed by atoms with E-state index >= 15 is 0 Å². The van der Waals surface area contributed by atoms with Crippen LogP contribution in [0.5, 0.6) is 0 Å². The summed E-state index contributed by atoms with van der Waals surface area (Å²) in [6.07, 6.45) is 2.93. The van der Waals surface area contributed by atoms with Crippen LogP contribution in [0, 0.1) is 5.92 Å². The molecule has 3 unspecified atom stereocenters. The molecule has 2 heterocycles. The van der Waals surface area contributed by atoms with E-state index in [2.05, 4.69) is 60.2 Å². The monoisotopic (exact) mass is 544 g/mol. The molecule has 0 saturated carbocycles. The molecule has 0 bridgehead atoms. The summed E-state index contributed by atoms with van der Waals surface area (Å²) < 4.78 is 11.8. The predicted molar refractivity (Wildman–Crippen MR) is 138 cm³/mol. The third-order valence-corrected chi connectivity index (χ3v) is 5.77. The molecule has 2 aliphatic rings. The van der Waals surface area contributed by atoms with E-state index in [4.69, 9.17) is 14.5 Å². The van der Waals surface area contributed by atoms with Crippen molar-refractivity contribution in [2.45, 2.75) is 52.4 Å². The second-order valence-corrected chi connectivity index (χ2v) is 8.71. The molecule has 176 valence electrons. The molecule has 0 amide bonds. The second-order valence-electron chi connectivity index (χ2n) is 8.71. The Hall–Kier alpha value is -0.900. The van der Waals surface area contributed by atoms with Crippen LogP contribution in [0.2, 0.25) is 0 Å². The standard InChI is InChI=1S/C24H40N4O2.HI/c1-4-25-24(26-12-8-13-27-15-20(2)30-21(3)16-27)28-14-11-23(17-28)19-29-18-22-9-6-5-7-10-22;/h5-7,9-10,20-21,23H,4,8,11-19H2,1-3H3,(H,25,26);1H. The van der Waals surface area contributed by atoms with Crippen LogP contribution in [-0.2, 0) is 16.1 Å². The van der Waals surface area contributed by atoms with Gasteiger partial charge in [0.05, 0.1) is 25.4 Å². The molecule has 2 aliphatic heterocycles. The molecule has 6 nitrogen and oxygen atoms in total. The minimum absolute atomic E-state index is 0. The first-order valence-electron chi connectivity index (χ1n) is 11.7. The number of hydrogen-bond donors (Lipinski definition) is 1. The van der Waals surface area contributed by atoms with Crippen LogP contribution >= 0.6 is 24.0 Å².